The molecule has 0 bridgehead atoms. The van der Waals surface area contributed by atoms with Gasteiger partial charge in [-0.05, 0) is 40.9 Å². The first-order valence-corrected chi connectivity index (χ1v) is 6.42. The summed E-state index contributed by atoms with van der Waals surface area (Å²) in [7, 11) is 0. The fourth-order valence-corrected chi connectivity index (χ4v) is 1.94. The molecule has 0 aliphatic carbocycles. The number of halogens is 2. The van der Waals surface area contributed by atoms with Gasteiger partial charge >= 0.3 is 12.0 Å². The number of aliphatic carboxylic acids is 1. The Hall–Kier alpha value is -1.63. The molecule has 5 nitrogen and oxygen atoms in total. The van der Waals surface area contributed by atoms with Gasteiger partial charge in [-0.2, -0.15) is 0 Å². The maximum Gasteiger partial charge on any atom is 0.319 e. The number of hydrogen-bond acceptors (Lipinski definition) is 2. The quantitative estimate of drug-likeness (QED) is 0.725. The molecule has 0 radical (unpaired) electrons. The first-order chi connectivity index (χ1) is 8.91. The molecule has 0 fully saturated rings. The van der Waals surface area contributed by atoms with Gasteiger partial charge in [0.25, 0.3) is 0 Å². The highest BCUT2D eigenvalue weighted by molar-refractivity contribution is 9.10. The lowest BCUT2D eigenvalue weighted by Crippen LogP contribution is -2.30. The molecule has 0 atom stereocenters. The van der Waals surface area contributed by atoms with E-state index in [-0.39, 0.29) is 17.4 Å². The van der Waals surface area contributed by atoms with E-state index in [1.807, 2.05) is 0 Å². The van der Waals surface area contributed by atoms with Gasteiger partial charge in [-0.25, -0.2) is 9.18 Å². The summed E-state index contributed by atoms with van der Waals surface area (Å²) in [5.41, 5.74) is 1.07. The average Bonchev–Trinajstić information content (AvgIpc) is 2.35. The van der Waals surface area contributed by atoms with Crippen LogP contribution in [0, 0.1) is 12.7 Å². The van der Waals surface area contributed by atoms with E-state index in [4.69, 9.17) is 5.11 Å². The molecule has 0 saturated heterocycles. The Bertz CT molecular complexity index is 494. The molecule has 19 heavy (non-hydrogen) atoms. The van der Waals surface area contributed by atoms with Gasteiger partial charge < -0.3 is 15.7 Å². The van der Waals surface area contributed by atoms with Gasteiger partial charge in [-0.15, -0.1) is 0 Å². The van der Waals surface area contributed by atoms with Crippen LogP contribution in [0.4, 0.5) is 14.9 Å². The van der Waals surface area contributed by atoms with Gasteiger partial charge in [0, 0.05) is 13.0 Å². The molecule has 2 amide bonds. The van der Waals surface area contributed by atoms with E-state index in [9.17, 15) is 14.0 Å². The molecular weight excluding hydrogens is 319 g/mol. The molecule has 1 aromatic rings. The zero-order valence-corrected chi connectivity index (χ0v) is 11.9. The first kappa shape index (κ1) is 15.4. The van der Waals surface area contributed by atoms with Crippen LogP contribution < -0.4 is 10.6 Å². The van der Waals surface area contributed by atoms with Crippen LogP contribution in [0.15, 0.2) is 16.6 Å². The second-order valence-corrected chi connectivity index (χ2v) is 4.72. The molecule has 1 aromatic carbocycles. The summed E-state index contributed by atoms with van der Waals surface area (Å²) in [6.07, 6.45) is 0.328. The lowest BCUT2D eigenvalue weighted by atomic mass is 10.2. The van der Waals surface area contributed by atoms with Crippen LogP contribution in [-0.2, 0) is 4.79 Å². The summed E-state index contributed by atoms with van der Waals surface area (Å²) in [5, 5.41) is 13.5. The van der Waals surface area contributed by atoms with Crippen molar-refractivity contribution in [2.24, 2.45) is 0 Å². The highest BCUT2D eigenvalue weighted by Crippen LogP contribution is 2.28. The lowest BCUT2D eigenvalue weighted by Gasteiger charge is -2.12. The van der Waals surface area contributed by atoms with Crippen LogP contribution in [0.3, 0.4) is 0 Å². The standard InChI is InChI=1S/C12H14BrFN2O3/c1-7-4-5-8(14)10(13)11(7)16-12(19)15-6-2-3-9(17)18/h4-5H,2-3,6H2,1H3,(H,17,18)(H2,15,16,19). The molecule has 0 aliphatic heterocycles. The van der Waals surface area contributed by atoms with E-state index in [0.29, 0.717) is 17.7 Å². The minimum atomic E-state index is -0.911. The Labute approximate surface area is 118 Å². The second-order valence-electron chi connectivity index (χ2n) is 3.93. The summed E-state index contributed by atoms with van der Waals surface area (Å²) in [5.74, 6) is -1.38. The first-order valence-electron chi connectivity index (χ1n) is 5.63. The van der Waals surface area contributed by atoms with Crippen LogP contribution in [0.2, 0.25) is 0 Å². The average molecular weight is 333 g/mol. The van der Waals surface area contributed by atoms with Crippen molar-refractivity contribution in [2.45, 2.75) is 19.8 Å². The number of carbonyl (C=O) groups excluding carboxylic acids is 1. The summed E-state index contributed by atoms with van der Waals surface area (Å²) in [4.78, 5) is 21.8. The number of rotatable bonds is 5. The maximum absolute atomic E-state index is 13.3. The molecule has 0 saturated carbocycles. The van der Waals surface area contributed by atoms with Crippen molar-refractivity contribution in [1.29, 1.82) is 0 Å². The Kier molecular flexibility index (Phi) is 5.75. The highest BCUT2D eigenvalue weighted by atomic mass is 79.9. The Morgan fingerprint density at radius 2 is 2.11 bits per heavy atom. The van der Waals surface area contributed by atoms with Crippen LogP contribution in [-0.4, -0.2) is 23.7 Å². The third kappa shape index (κ3) is 4.86. The summed E-state index contributed by atoms with van der Waals surface area (Å²) >= 11 is 3.07. The fourth-order valence-electron chi connectivity index (χ4n) is 1.40. The summed E-state index contributed by atoms with van der Waals surface area (Å²) in [6.45, 7) is 1.98. The fraction of sp³-hybridized carbons (Fsp3) is 0.333. The topological polar surface area (TPSA) is 78.4 Å². The molecule has 0 aromatic heterocycles. The largest absolute Gasteiger partial charge is 0.481 e. The molecule has 7 heteroatoms. The molecule has 104 valence electrons. The van der Waals surface area contributed by atoms with Crippen molar-refractivity contribution in [1.82, 2.24) is 5.32 Å². The number of carboxylic acids is 1. The number of aryl methyl sites for hydroxylation is 1. The van der Waals surface area contributed by atoms with Crippen molar-refractivity contribution in [3.63, 3.8) is 0 Å². The Balaban J connectivity index is 2.53. The summed E-state index contributed by atoms with van der Waals surface area (Å²) in [6, 6.07) is 2.36. The number of nitrogens with one attached hydrogen (secondary N) is 2. The van der Waals surface area contributed by atoms with E-state index in [0.717, 1.165) is 0 Å². The van der Waals surface area contributed by atoms with Crippen LogP contribution in [0.25, 0.3) is 0 Å². The van der Waals surface area contributed by atoms with Crippen LogP contribution >= 0.6 is 15.9 Å². The van der Waals surface area contributed by atoms with Crippen LogP contribution in [0.1, 0.15) is 18.4 Å². The van der Waals surface area contributed by atoms with E-state index in [1.54, 1.807) is 13.0 Å². The van der Waals surface area contributed by atoms with E-state index in [2.05, 4.69) is 26.6 Å². The van der Waals surface area contributed by atoms with Gasteiger partial charge in [0.1, 0.15) is 5.82 Å². The Morgan fingerprint density at radius 1 is 1.42 bits per heavy atom. The zero-order valence-electron chi connectivity index (χ0n) is 10.3. The third-order valence-electron chi connectivity index (χ3n) is 2.39. The normalized spacial score (nSPS) is 10.1. The lowest BCUT2D eigenvalue weighted by molar-refractivity contribution is -0.137. The number of carboxylic acid groups (broad SMARTS) is 1. The predicted molar refractivity (Wildman–Crippen MR) is 72.7 cm³/mol. The molecule has 0 unspecified atom stereocenters. The van der Waals surface area contributed by atoms with Gasteiger partial charge in [0.05, 0.1) is 10.2 Å². The SMILES string of the molecule is Cc1ccc(F)c(Br)c1NC(=O)NCCCC(=O)O. The smallest absolute Gasteiger partial charge is 0.319 e. The number of amides is 2. The van der Waals surface area contributed by atoms with Gasteiger partial charge in [-0.1, -0.05) is 6.07 Å². The third-order valence-corrected chi connectivity index (χ3v) is 3.17. The Morgan fingerprint density at radius 3 is 2.74 bits per heavy atom. The van der Waals surface area contributed by atoms with Crippen molar-refractivity contribution in [2.75, 3.05) is 11.9 Å². The minimum absolute atomic E-state index is 0.0109. The van der Waals surface area contributed by atoms with Crippen molar-refractivity contribution in [3.05, 3.63) is 28.0 Å². The second kappa shape index (κ2) is 7.08. The number of urea groups is 1. The maximum atomic E-state index is 13.3. The van der Waals surface area contributed by atoms with E-state index in [1.165, 1.54) is 6.07 Å². The zero-order chi connectivity index (χ0) is 14.4. The van der Waals surface area contributed by atoms with Crippen molar-refractivity contribution >= 4 is 33.6 Å². The van der Waals surface area contributed by atoms with Gasteiger partial charge in [0.15, 0.2) is 0 Å². The monoisotopic (exact) mass is 332 g/mol. The molecular formula is C12H14BrFN2O3. The molecule has 0 spiro atoms. The van der Waals surface area contributed by atoms with Gasteiger partial charge in [-0.3, -0.25) is 4.79 Å². The van der Waals surface area contributed by atoms with Crippen molar-refractivity contribution < 1.29 is 19.1 Å². The minimum Gasteiger partial charge on any atom is -0.481 e. The van der Waals surface area contributed by atoms with E-state index < -0.39 is 17.8 Å². The number of carbonyl (C=O) groups is 2. The predicted octanol–water partition coefficient (Wildman–Crippen LogP) is 2.88. The molecule has 3 N–H and O–H groups in total. The number of anilines is 1. The number of benzene rings is 1. The highest BCUT2D eigenvalue weighted by Gasteiger charge is 2.11. The molecule has 0 aliphatic rings. The molecule has 0 heterocycles. The molecule has 1 rings (SSSR count). The number of hydrogen-bond donors (Lipinski definition) is 3. The summed E-state index contributed by atoms with van der Waals surface area (Å²) < 4.78 is 13.5. The van der Waals surface area contributed by atoms with E-state index >= 15 is 0 Å². The van der Waals surface area contributed by atoms with Gasteiger partial charge in [0.2, 0.25) is 0 Å². The van der Waals surface area contributed by atoms with Crippen LogP contribution in [0.5, 0.6) is 0 Å². The van der Waals surface area contributed by atoms with Crippen molar-refractivity contribution in [3.8, 4) is 0 Å².